The van der Waals surface area contributed by atoms with Crippen LogP contribution in [-0.4, -0.2) is 93.6 Å². The number of rotatable bonds is 12. The van der Waals surface area contributed by atoms with Crippen molar-refractivity contribution in [3.8, 4) is 22.8 Å². The molecule has 53 heavy (non-hydrogen) atoms. The molecule has 2 unspecified atom stereocenters. The molecule has 5 rings (SSSR count). The fourth-order valence-electron chi connectivity index (χ4n) is 6.65. The average molecular weight is 731 g/mol. The normalized spacial score (nSPS) is 22.3. The number of fused-ring (bicyclic) bond motifs is 1. The Morgan fingerprint density at radius 1 is 1.04 bits per heavy atom. The van der Waals surface area contributed by atoms with Crippen LogP contribution in [0.2, 0.25) is 0 Å². The number of aromatic nitrogens is 1. The lowest BCUT2D eigenvalue weighted by Gasteiger charge is -2.35. The summed E-state index contributed by atoms with van der Waals surface area (Å²) in [4.78, 5) is 60.4. The first-order valence-electron chi connectivity index (χ1n) is 17.7. The number of ether oxygens (including phenoxy) is 4. The van der Waals surface area contributed by atoms with Crippen LogP contribution < -0.4 is 20.1 Å². The van der Waals surface area contributed by atoms with E-state index in [1.807, 2.05) is 63.2 Å². The van der Waals surface area contributed by atoms with Crippen LogP contribution in [0.1, 0.15) is 61.3 Å². The van der Waals surface area contributed by atoms with Gasteiger partial charge in [0.2, 0.25) is 11.8 Å². The molecule has 3 amide bonds. The van der Waals surface area contributed by atoms with Crippen LogP contribution in [-0.2, 0) is 23.9 Å². The predicted molar refractivity (Wildman–Crippen MR) is 199 cm³/mol. The summed E-state index contributed by atoms with van der Waals surface area (Å²) in [5.41, 5.74) is -0.969. The number of nitrogens with one attached hydrogen (secondary N) is 2. The summed E-state index contributed by atoms with van der Waals surface area (Å²) >= 11 is 0. The quantitative estimate of drug-likeness (QED) is 0.203. The molecular weight excluding hydrogens is 680 g/mol. The van der Waals surface area contributed by atoms with Gasteiger partial charge in [-0.05, 0) is 67.0 Å². The van der Waals surface area contributed by atoms with Crippen LogP contribution in [0.4, 0.5) is 4.79 Å². The van der Waals surface area contributed by atoms with Crippen molar-refractivity contribution in [3.63, 3.8) is 0 Å². The topological polar surface area (TPSA) is 166 Å². The Hall–Kier alpha value is -5.17. The molecule has 2 heterocycles. The van der Waals surface area contributed by atoms with E-state index in [-0.39, 0.29) is 19.4 Å². The number of carbonyl (C=O) groups excluding carboxylic acids is 3. The van der Waals surface area contributed by atoms with Crippen molar-refractivity contribution in [2.75, 3.05) is 13.7 Å². The third-order valence-corrected chi connectivity index (χ3v) is 9.16. The van der Waals surface area contributed by atoms with Gasteiger partial charge in [0.1, 0.15) is 40.8 Å². The Bertz CT molecular complexity index is 1870. The zero-order valence-electron chi connectivity index (χ0n) is 31.6. The van der Waals surface area contributed by atoms with E-state index in [4.69, 9.17) is 23.9 Å². The highest BCUT2D eigenvalue weighted by Crippen LogP contribution is 2.45. The number of hydrogen-bond donors (Lipinski definition) is 3. The van der Waals surface area contributed by atoms with E-state index in [0.29, 0.717) is 28.1 Å². The lowest BCUT2D eigenvalue weighted by Crippen LogP contribution is -2.59. The fraction of sp³-hybridized carbons (Fsp3) is 0.475. The van der Waals surface area contributed by atoms with Gasteiger partial charge in [-0.3, -0.25) is 9.59 Å². The minimum atomic E-state index is -1.53. The maximum Gasteiger partial charge on any atom is 0.408 e. The fourth-order valence-corrected chi connectivity index (χ4v) is 6.65. The van der Waals surface area contributed by atoms with E-state index in [2.05, 4.69) is 17.2 Å². The van der Waals surface area contributed by atoms with Gasteiger partial charge in [-0.2, -0.15) is 0 Å². The third-order valence-electron chi connectivity index (χ3n) is 9.16. The lowest BCUT2D eigenvalue weighted by molar-refractivity contribution is -0.148. The molecule has 2 aromatic carbocycles. The summed E-state index contributed by atoms with van der Waals surface area (Å²) in [6.07, 6.45) is -0.714. The van der Waals surface area contributed by atoms with E-state index < -0.39 is 70.8 Å². The van der Waals surface area contributed by atoms with Gasteiger partial charge in [-0.15, -0.1) is 6.58 Å². The number of methoxy groups -OCH3 is 1. The number of likely N-dealkylation sites (tertiary alicyclic amines) is 1. The highest BCUT2D eigenvalue weighted by molar-refractivity contribution is 5.96. The molecule has 0 radical (unpaired) electrons. The van der Waals surface area contributed by atoms with Gasteiger partial charge in [-0.1, -0.05) is 36.4 Å². The average Bonchev–Trinajstić information content (AvgIpc) is 3.64. The number of carboxylic acid groups (broad SMARTS) is 1. The molecular formula is C40H50N4O9. The van der Waals surface area contributed by atoms with Gasteiger partial charge in [-0.25, -0.2) is 14.6 Å². The molecule has 3 aromatic rings. The first-order valence-corrected chi connectivity index (χ1v) is 17.7. The molecule has 1 aliphatic carbocycles. The lowest BCUT2D eigenvalue weighted by atomic mass is 10.1. The third kappa shape index (κ3) is 9.08. The number of hydrogen-bond acceptors (Lipinski definition) is 9. The molecule has 6 atom stereocenters. The van der Waals surface area contributed by atoms with Crippen LogP contribution in [0.3, 0.4) is 0 Å². The van der Waals surface area contributed by atoms with Crippen LogP contribution >= 0.6 is 0 Å². The van der Waals surface area contributed by atoms with E-state index >= 15 is 0 Å². The number of aliphatic carboxylic acids is 1. The molecule has 1 aliphatic heterocycles. The zero-order chi connectivity index (χ0) is 38.9. The summed E-state index contributed by atoms with van der Waals surface area (Å²) in [5, 5.41) is 16.1. The second-order valence-corrected chi connectivity index (χ2v) is 15.6. The summed E-state index contributed by atoms with van der Waals surface area (Å²) in [5.74, 6) is -1.86. The van der Waals surface area contributed by atoms with Crippen molar-refractivity contribution in [2.24, 2.45) is 5.92 Å². The summed E-state index contributed by atoms with van der Waals surface area (Å²) in [6, 6.07) is 14.4. The standard InChI is InChI=1S/C40H50N4O9/c1-10-25-21-40(25,36(47)48)43-34(45)31-19-27(22-44(31)35(46)33(23(2)52-38(3,4)5)42-37(49)53-39(6,7)8)51-32-20-29(24-14-12-11-13-15-24)41-30-18-26(50-9)16-17-28(30)32/h10-18,20,23,25,27,31,33H,1,19,21-22H2,2-9H3,(H,42,49)(H,43,45)(H,47,48)/t23?,25-,27+,31-,33-,40?/m0/s1. The number of nitrogens with zero attached hydrogens (tertiary/aromatic N) is 2. The van der Waals surface area contributed by atoms with Crippen molar-refractivity contribution >= 4 is 34.8 Å². The van der Waals surface area contributed by atoms with Crippen LogP contribution in [0, 0.1) is 5.92 Å². The van der Waals surface area contributed by atoms with Crippen LogP contribution in [0.5, 0.6) is 11.5 Å². The summed E-state index contributed by atoms with van der Waals surface area (Å²) in [6.45, 7) is 15.9. The van der Waals surface area contributed by atoms with E-state index in [1.165, 1.54) is 11.0 Å². The molecule has 1 saturated heterocycles. The van der Waals surface area contributed by atoms with Crippen molar-refractivity contribution in [1.29, 1.82) is 0 Å². The predicted octanol–water partition coefficient (Wildman–Crippen LogP) is 5.50. The number of pyridine rings is 1. The first kappa shape index (κ1) is 39.0. The maximum absolute atomic E-state index is 14.6. The number of alkyl carbamates (subject to hydrolysis) is 1. The molecule has 0 bridgehead atoms. The van der Waals surface area contributed by atoms with Crippen LogP contribution in [0.15, 0.2) is 67.3 Å². The molecule has 2 fully saturated rings. The second kappa shape index (κ2) is 15.1. The van der Waals surface area contributed by atoms with Crippen molar-refractivity contribution in [3.05, 3.63) is 67.3 Å². The zero-order valence-corrected chi connectivity index (χ0v) is 31.6. The highest BCUT2D eigenvalue weighted by Gasteiger charge is 2.61. The van der Waals surface area contributed by atoms with Crippen molar-refractivity contribution in [2.45, 2.75) is 102 Å². The van der Waals surface area contributed by atoms with Crippen molar-refractivity contribution in [1.82, 2.24) is 20.5 Å². The molecule has 1 saturated carbocycles. The first-order chi connectivity index (χ1) is 24.8. The van der Waals surface area contributed by atoms with Crippen molar-refractivity contribution < 1.29 is 43.2 Å². The monoisotopic (exact) mass is 730 g/mol. The van der Waals surface area contributed by atoms with Gasteiger partial charge in [0.25, 0.3) is 0 Å². The van der Waals surface area contributed by atoms with Gasteiger partial charge in [0.15, 0.2) is 0 Å². The molecule has 2 aliphatic rings. The number of benzene rings is 2. The minimum Gasteiger partial charge on any atom is -0.497 e. The number of carboxylic acids is 1. The van der Waals surface area contributed by atoms with E-state index in [0.717, 1.165) is 5.56 Å². The van der Waals surface area contributed by atoms with Crippen LogP contribution in [0.25, 0.3) is 22.2 Å². The summed E-state index contributed by atoms with van der Waals surface area (Å²) < 4.78 is 23.8. The summed E-state index contributed by atoms with van der Waals surface area (Å²) in [7, 11) is 1.57. The van der Waals surface area contributed by atoms with Gasteiger partial charge in [0, 0.05) is 35.4 Å². The molecule has 0 spiro atoms. The van der Waals surface area contributed by atoms with Gasteiger partial charge < -0.3 is 39.6 Å². The Morgan fingerprint density at radius 3 is 2.32 bits per heavy atom. The largest absolute Gasteiger partial charge is 0.497 e. The SMILES string of the molecule is C=C[C@H]1CC1(NC(=O)[C@@H]1C[C@@H](Oc2cc(-c3ccccc3)nc3cc(OC)ccc23)CN1C(=O)[C@@H](NC(=O)OC(C)(C)C)C(C)OC(C)(C)C)C(=O)O. The smallest absolute Gasteiger partial charge is 0.408 e. The molecule has 1 aromatic heterocycles. The Morgan fingerprint density at radius 2 is 1.74 bits per heavy atom. The van der Waals surface area contributed by atoms with Gasteiger partial charge in [0.05, 0.1) is 36.6 Å². The Balaban J connectivity index is 1.52. The molecule has 13 nitrogen and oxygen atoms in total. The molecule has 284 valence electrons. The van der Waals surface area contributed by atoms with Gasteiger partial charge >= 0.3 is 12.1 Å². The second-order valence-electron chi connectivity index (χ2n) is 15.6. The Kier molecular flexibility index (Phi) is 11.1. The number of carbonyl (C=O) groups is 4. The minimum absolute atomic E-state index is 0.0281. The number of amides is 3. The van der Waals surface area contributed by atoms with E-state index in [9.17, 15) is 24.3 Å². The highest BCUT2D eigenvalue weighted by atomic mass is 16.6. The maximum atomic E-state index is 14.6. The molecule has 13 heteroatoms. The Labute approximate surface area is 310 Å². The van der Waals surface area contributed by atoms with E-state index in [1.54, 1.807) is 46.9 Å². The molecule has 3 N–H and O–H groups in total.